The van der Waals surface area contributed by atoms with Crippen LogP contribution in [0.2, 0.25) is 0 Å². The third kappa shape index (κ3) is 2.59. The molecule has 3 N–H and O–H groups in total. The van der Waals surface area contributed by atoms with Gasteiger partial charge in [0.2, 0.25) is 5.91 Å². The molecule has 1 aliphatic rings. The number of likely N-dealkylation sites (tertiary alicyclic amines) is 1. The molecular formula is C11H20N2O3. The largest absolute Gasteiger partial charge is 0.391 e. The van der Waals surface area contributed by atoms with Crippen molar-refractivity contribution in [1.29, 1.82) is 0 Å². The molecule has 0 unspecified atom stereocenters. The molecule has 1 fully saturated rings. The van der Waals surface area contributed by atoms with Crippen LogP contribution in [0.1, 0.15) is 27.2 Å². The average Bonchev–Trinajstić information content (AvgIpc) is 2.55. The van der Waals surface area contributed by atoms with Gasteiger partial charge in [-0.05, 0) is 5.41 Å². The minimum atomic E-state index is -0.653. The number of carbonyl (C=O) groups is 2. The number of rotatable bonds is 2. The Morgan fingerprint density at radius 2 is 2.12 bits per heavy atom. The Balaban J connectivity index is 2.77. The molecule has 1 rings (SSSR count). The molecule has 1 amide bonds. The summed E-state index contributed by atoms with van der Waals surface area (Å²) in [4.78, 5) is 24.2. The Hall–Kier alpha value is -0.940. The third-order valence-electron chi connectivity index (χ3n) is 2.96. The molecule has 1 heterocycles. The van der Waals surface area contributed by atoms with E-state index in [0.717, 1.165) is 0 Å². The Bertz CT molecular complexity index is 285. The second-order valence-electron chi connectivity index (χ2n) is 5.43. The lowest BCUT2D eigenvalue weighted by molar-refractivity contribution is -0.138. The van der Waals surface area contributed by atoms with E-state index in [1.54, 1.807) is 0 Å². The molecule has 0 aromatic carbocycles. The van der Waals surface area contributed by atoms with Crippen molar-refractivity contribution in [2.24, 2.45) is 11.1 Å². The normalized spacial score (nSPS) is 27.9. The second-order valence-corrected chi connectivity index (χ2v) is 5.43. The van der Waals surface area contributed by atoms with Crippen LogP contribution in [0.25, 0.3) is 0 Å². The lowest BCUT2D eigenvalue weighted by atomic mass is 9.86. The van der Waals surface area contributed by atoms with Gasteiger partial charge in [-0.2, -0.15) is 0 Å². The smallest absolute Gasteiger partial charge is 0.240 e. The molecule has 1 aliphatic heterocycles. The van der Waals surface area contributed by atoms with E-state index >= 15 is 0 Å². The van der Waals surface area contributed by atoms with Crippen molar-refractivity contribution in [3.05, 3.63) is 0 Å². The predicted molar refractivity (Wildman–Crippen MR) is 59.6 cm³/mol. The van der Waals surface area contributed by atoms with E-state index in [1.165, 1.54) is 4.90 Å². The number of nitrogens with two attached hydrogens (primary N) is 1. The first-order valence-corrected chi connectivity index (χ1v) is 5.46. The van der Waals surface area contributed by atoms with Gasteiger partial charge in [0.25, 0.3) is 0 Å². The molecule has 0 spiro atoms. The number of aliphatic hydroxyl groups is 1. The molecule has 0 saturated carbocycles. The summed E-state index contributed by atoms with van der Waals surface area (Å²) in [6.45, 7) is 5.82. The fourth-order valence-electron chi connectivity index (χ4n) is 1.77. The lowest BCUT2D eigenvalue weighted by Crippen LogP contribution is -2.52. The zero-order valence-corrected chi connectivity index (χ0v) is 10.0. The highest BCUT2D eigenvalue weighted by Gasteiger charge is 2.39. The summed E-state index contributed by atoms with van der Waals surface area (Å²) in [6.07, 6.45) is 0.390. The minimum absolute atomic E-state index is 0.200. The van der Waals surface area contributed by atoms with Crippen LogP contribution in [-0.4, -0.2) is 46.9 Å². The van der Waals surface area contributed by atoms with Crippen molar-refractivity contribution in [2.45, 2.75) is 45.4 Å². The van der Waals surface area contributed by atoms with Crippen LogP contribution < -0.4 is 5.73 Å². The maximum Gasteiger partial charge on any atom is 0.240 e. The van der Waals surface area contributed by atoms with Crippen LogP contribution in [0, 0.1) is 5.41 Å². The summed E-state index contributed by atoms with van der Waals surface area (Å²) in [5.41, 5.74) is 5.50. The van der Waals surface area contributed by atoms with Crippen LogP contribution in [0.4, 0.5) is 0 Å². The van der Waals surface area contributed by atoms with Gasteiger partial charge in [0.1, 0.15) is 6.29 Å². The zero-order valence-electron chi connectivity index (χ0n) is 10.0. The molecule has 16 heavy (non-hydrogen) atoms. The number of hydrogen-bond donors (Lipinski definition) is 2. The van der Waals surface area contributed by atoms with Gasteiger partial charge in [-0.25, -0.2) is 0 Å². The summed E-state index contributed by atoms with van der Waals surface area (Å²) in [5, 5.41) is 9.44. The van der Waals surface area contributed by atoms with Crippen LogP contribution in [0.3, 0.4) is 0 Å². The van der Waals surface area contributed by atoms with E-state index < -0.39 is 18.2 Å². The molecule has 5 heteroatoms. The fourth-order valence-corrected chi connectivity index (χ4v) is 1.77. The van der Waals surface area contributed by atoms with Crippen molar-refractivity contribution < 1.29 is 14.7 Å². The molecule has 5 nitrogen and oxygen atoms in total. The summed E-state index contributed by atoms with van der Waals surface area (Å²) >= 11 is 0. The maximum atomic E-state index is 12.0. The molecule has 0 bridgehead atoms. The highest BCUT2D eigenvalue weighted by Crippen LogP contribution is 2.23. The van der Waals surface area contributed by atoms with Gasteiger partial charge in [-0.15, -0.1) is 0 Å². The second kappa shape index (κ2) is 4.51. The summed E-state index contributed by atoms with van der Waals surface area (Å²) < 4.78 is 0. The van der Waals surface area contributed by atoms with Gasteiger partial charge in [0.05, 0.1) is 18.2 Å². The quantitative estimate of drug-likeness (QED) is 0.625. The Labute approximate surface area is 95.6 Å². The van der Waals surface area contributed by atoms with Crippen LogP contribution in [0.5, 0.6) is 0 Å². The average molecular weight is 228 g/mol. The van der Waals surface area contributed by atoms with E-state index in [0.29, 0.717) is 12.7 Å². The monoisotopic (exact) mass is 228 g/mol. The number of hydrogen-bond acceptors (Lipinski definition) is 4. The SMILES string of the molecule is CC(C)(C)[C@H](N)C(=O)N1C[C@H](O)C[C@H]1C=O. The first-order chi connectivity index (χ1) is 7.27. The van der Waals surface area contributed by atoms with Crippen molar-refractivity contribution in [3.63, 3.8) is 0 Å². The minimum Gasteiger partial charge on any atom is -0.391 e. The van der Waals surface area contributed by atoms with Gasteiger partial charge >= 0.3 is 0 Å². The van der Waals surface area contributed by atoms with E-state index in [4.69, 9.17) is 5.73 Å². The number of amides is 1. The molecule has 0 radical (unpaired) electrons. The van der Waals surface area contributed by atoms with E-state index in [1.807, 2.05) is 20.8 Å². The Morgan fingerprint density at radius 3 is 2.56 bits per heavy atom. The first-order valence-electron chi connectivity index (χ1n) is 5.46. The highest BCUT2D eigenvalue weighted by atomic mass is 16.3. The van der Waals surface area contributed by atoms with Crippen LogP contribution >= 0.6 is 0 Å². The number of aliphatic hydroxyl groups excluding tert-OH is 1. The fraction of sp³-hybridized carbons (Fsp3) is 0.818. The van der Waals surface area contributed by atoms with E-state index in [-0.39, 0.29) is 17.9 Å². The lowest BCUT2D eigenvalue weighted by Gasteiger charge is -2.31. The van der Waals surface area contributed by atoms with E-state index in [9.17, 15) is 14.7 Å². The first kappa shape index (κ1) is 13.1. The van der Waals surface area contributed by atoms with Gasteiger partial charge in [-0.3, -0.25) is 4.79 Å². The van der Waals surface area contributed by atoms with E-state index in [2.05, 4.69) is 0 Å². The van der Waals surface area contributed by atoms with Gasteiger partial charge in [-0.1, -0.05) is 20.8 Å². The van der Waals surface area contributed by atoms with Gasteiger partial charge in [0, 0.05) is 13.0 Å². The summed E-state index contributed by atoms with van der Waals surface area (Å²) in [7, 11) is 0. The van der Waals surface area contributed by atoms with Crippen LogP contribution in [0.15, 0.2) is 0 Å². The number of aldehydes is 1. The topological polar surface area (TPSA) is 83.6 Å². The molecule has 92 valence electrons. The molecule has 0 aromatic rings. The summed E-state index contributed by atoms with van der Waals surface area (Å²) in [6, 6.07) is -1.18. The molecule has 3 atom stereocenters. The molecule has 0 aliphatic carbocycles. The van der Waals surface area contributed by atoms with Crippen LogP contribution in [-0.2, 0) is 9.59 Å². The van der Waals surface area contributed by atoms with Gasteiger partial charge < -0.3 is 20.5 Å². The third-order valence-corrected chi connectivity index (χ3v) is 2.96. The highest BCUT2D eigenvalue weighted by molar-refractivity contribution is 5.85. The zero-order chi connectivity index (χ0) is 12.5. The molecule has 1 saturated heterocycles. The van der Waals surface area contributed by atoms with Crippen molar-refractivity contribution >= 4 is 12.2 Å². The van der Waals surface area contributed by atoms with Gasteiger partial charge in [0.15, 0.2) is 0 Å². The number of nitrogens with zero attached hydrogens (tertiary/aromatic N) is 1. The number of β-amino-alcohol motifs (C(OH)–C–C–N with tert-alkyl or cyclic N) is 1. The molecular weight excluding hydrogens is 208 g/mol. The van der Waals surface area contributed by atoms with Crippen molar-refractivity contribution in [2.75, 3.05) is 6.54 Å². The Morgan fingerprint density at radius 1 is 1.56 bits per heavy atom. The predicted octanol–water partition coefficient (Wildman–Crippen LogP) is -0.479. The van der Waals surface area contributed by atoms with Crippen molar-refractivity contribution in [1.82, 2.24) is 4.90 Å². The number of carbonyl (C=O) groups excluding carboxylic acids is 2. The Kier molecular flexibility index (Phi) is 3.70. The molecule has 0 aromatic heterocycles. The standard InChI is InChI=1S/C11H20N2O3/c1-11(2,3)9(12)10(16)13-5-8(15)4-7(13)6-14/h6-9,15H,4-5,12H2,1-3H3/t7-,8+,9+/m0/s1. The summed E-state index contributed by atoms with van der Waals surface area (Å²) in [5.74, 6) is -0.263. The maximum absolute atomic E-state index is 12.0. The van der Waals surface area contributed by atoms with Crippen molar-refractivity contribution in [3.8, 4) is 0 Å².